The largest absolute Gasteiger partial charge is 0.494 e. The van der Waals surface area contributed by atoms with Crippen LogP contribution in [0.5, 0.6) is 5.75 Å². The number of carbonyl (C=O) groups excluding carboxylic acids is 1. The number of aliphatic hydroxyl groups excluding tert-OH is 1. The molecule has 2 aliphatic rings. The van der Waals surface area contributed by atoms with Crippen LogP contribution in [0.25, 0.3) is 10.2 Å². The minimum Gasteiger partial charge on any atom is -0.494 e. The van der Waals surface area contributed by atoms with Crippen LogP contribution in [-0.2, 0) is 4.74 Å². The van der Waals surface area contributed by atoms with Gasteiger partial charge in [-0.05, 0) is 30.9 Å². The van der Waals surface area contributed by atoms with Crippen LogP contribution in [0, 0.1) is 5.92 Å². The molecule has 8 nitrogen and oxygen atoms in total. The Morgan fingerprint density at radius 1 is 1.39 bits per heavy atom. The van der Waals surface area contributed by atoms with E-state index in [2.05, 4.69) is 15.2 Å². The Kier molecular flexibility index (Phi) is 5.84. The molecule has 0 saturated carbocycles. The molecule has 1 aromatic carbocycles. The van der Waals surface area contributed by atoms with Crippen molar-refractivity contribution in [1.29, 1.82) is 0 Å². The summed E-state index contributed by atoms with van der Waals surface area (Å²) >= 11 is 1.46. The lowest BCUT2D eigenvalue weighted by Crippen LogP contribution is -2.43. The highest BCUT2D eigenvalue weighted by Gasteiger charge is 2.25. The second-order valence-corrected chi connectivity index (χ2v) is 8.15. The highest BCUT2D eigenvalue weighted by molar-refractivity contribution is 7.23. The van der Waals surface area contributed by atoms with Gasteiger partial charge in [0.15, 0.2) is 5.13 Å². The Bertz CT molecular complexity index is 837. The minimum absolute atomic E-state index is 0.116. The van der Waals surface area contributed by atoms with Crippen molar-refractivity contribution in [2.75, 3.05) is 63.3 Å². The third-order valence-corrected chi connectivity index (χ3v) is 6.33. The predicted molar refractivity (Wildman–Crippen MR) is 110 cm³/mol. The number of benzene rings is 1. The Hall–Kier alpha value is -2.10. The number of anilines is 2. The molecular weight excluding hydrogens is 380 g/mol. The van der Waals surface area contributed by atoms with Crippen LogP contribution in [0.1, 0.15) is 12.8 Å². The summed E-state index contributed by atoms with van der Waals surface area (Å²) in [5, 5.41) is 12.9. The molecule has 28 heavy (non-hydrogen) atoms. The van der Waals surface area contributed by atoms with Crippen LogP contribution >= 0.6 is 11.3 Å². The number of methoxy groups -OCH3 is 1. The number of thiazole rings is 1. The van der Waals surface area contributed by atoms with Gasteiger partial charge in [0.05, 0.1) is 30.7 Å². The number of piperidine rings is 1. The summed E-state index contributed by atoms with van der Waals surface area (Å²) in [6.45, 7) is 4.47. The molecule has 2 fully saturated rings. The van der Waals surface area contributed by atoms with Gasteiger partial charge >= 0.3 is 6.03 Å². The fraction of sp³-hybridized carbons (Fsp3) is 0.579. The lowest BCUT2D eigenvalue weighted by Gasteiger charge is -2.31. The van der Waals surface area contributed by atoms with E-state index in [-0.39, 0.29) is 18.6 Å². The summed E-state index contributed by atoms with van der Waals surface area (Å²) in [6.07, 6.45) is 1.87. The number of urea groups is 1. The Morgan fingerprint density at radius 2 is 2.21 bits per heavy atom. The van der Waals surface area contributed by atoms with Crippen molar-refractivity contribution in [3.63, 3.8) is 0 Å². The van der Waals surface area contributed by atoms with E-state index >= 15 is 0 Å². The first kappa shape index (κ1) is 19.2. The summed E-state index contributed by atoms with van der Waals surface area (Å²) < 4.78 is 11.9. The standard InChI is InChI=1S/C19H26N4O4S/c1-26-15-5-4-14(22-7-9-27-10-8-22)17-16(15)20-18(28-17)21-19(25)23-6-2-3-13(11-23)12-24/h4-5,13,24H,2-3,6-12H2,1H3,(H,20,21,25)/t13-/m0/s1. The van der Waals surface area contributed by atoms with E-state index in [1.165, 1.54) is 11.3 Å². The van der Waals surface area contributed by atoms with Crippen molar-refractivity contribution in [3.05, 3.63) is 12.1 Å². The Balaban J connectivity index is 1.58. The first-order valence-corrected chi connectivity index (χ1v) is 10.5. The van der Waals surface area contributed by atoms with Crippen LogP contribution in [0.15, 0.2) is 12.1 Å². The fourth-order valence-corrected chi connectivity index (χ4v) is 4.82. The fourth-order valence-electron chi connectivity index (χ4n) is 3.81. The van der Waals surface area contributed by atoms with Crippen LogP contribution in [0.2, 0.25) is 0 Å². The van der Waals surface area contributed by atoms with Gasteiger partial charge in [-0.1, -0.05) is 11.3 Å². The summed E-state index contributed by atoms with van der Waals surface area (Å²) in [5.74, 6) is 0.852. The molecule has 2 saturated heterocycles. The summed E-state index contributed by atoms with van der Waals surface area (Å²) in [5.41, 5.74) is 1.86. The number of ether oxygens (including phenoxy) is 2. The molecule has 0 bridgehead atoms. The number of amides is 2. The maximum absolute atomic E-state index is 12.7. The molecule has 9 heteroatoms. The van der Waals surface area contributed by atoms with Gasteiger partial charge in [0.25, 0.3) is 0 Å². The quantitative estimate of drug-likeness (QED) is 0.811. The molecule has 1 atom stereocenters. The van der Waals surface area contributed by atoms with Crippen LogP contribution < -0.4 is 15.0 Å². The number of morpholine rings is 1. The van der Waals surface area contributed by atoms with Crippen LogP contribution in [-0.4, -0.2) is 74.1 Å². The lowest BCUT2D eigenvalue weighted by molar-refractivity contribution is 0.123. The van der Waals surface area contributed by atoms with Gasteiger partial charge in [-0.3, -0.25) is 5.32 Å². The summed E-state index contributed by atoms with van der Waals surface area (Å²) in [7, 11) is 1.63. The van der Waals surface area contributed by atoms with Gasteiger partial charge in [0.2, 0.25) is 0 Å². The van der Waals surface area contributed by atoms with Crippen LogP contribution in [0.3, 0.4) is 0 Å². The van der Waals surface area contributed by atoms with E-state index in [0.717, 1.165) is 41.8 Å². The van der Waals surface area contributed by atoms with Gasteiger partial charge in [-0.15, -0.1) is 0 Å². The van der Waals surface area contributed by atoms with Crippen molar-refractivity contribution >= 4 is 38.4 Å². The van der Waals surface area contributed by atoms with Crippen molar-refractivity contribution in [2.24, 2.45) is 5.92 Å². The number of hydrogen-bond acceptors (Lipinski definition) is 7. The van der Waals surface area contributed by atoms with Gasteiger partial charge in [-0.25, -0.2) is 9.78 Å². The normalized spacial score (nSPS) is 20.4. The number of nitrogens with one attached hydrogen (secondary N) is 1. The minimum atomic E-state index is -0.163. The first-order chi connectivity index (χ1) is 13.7. The molecule has 0 unspecified atom stereocenters. The number of nitrogens with zero attached hydrogens (tertiary/aromatic N) is 3. The Morgan fingerprint density at radius 3 is 2.96 bits per heavy atom. The second kappa shape index (κ2) is 8.50. The number of carbonyl (C=O) groups is 1. The number of rotatable bonds is 4. The molecule has 2 aromatic rings. The lowest BCUT2D eigenvalue weighted by atomic mass is 9.99. The van der Waals surface area contributed by atoms with Gasteiger partial charge < -0.3 is 24.4 Å². The molecule has 0 aliphatic carbocycles. The number of likely N-dealkylation sites (tertiary alicyclic amines) is 1. The average molecular weight is 407 g/mol. The molecule has 4 rings (SSSR count). The Labute approximate surface area is 168 Å². The number of fused-ring (bicyclic) bond motifs is 1. The number of hydrogen-bond donors (Lipinski definition) is 2. The zero-order valence-corrected chi connectivity index (χ0v) is 16.8. The number of aliphatic hydroxyl groups is 1. The maximum atomic E-state index is 12.7. The topological polar surface area (TPSA) is 87.2 Å². The molecule has 152 valence electrons. The van der Waals surface area contributed by atoms with E-state index < -0.39 is 0 Å². The van der Waals surface area contributed by atoms with E-state index in [1.54, 1.807) is 12.0 Å². The van der Waals surface area contributed by atoms with Crippen molar-refractivity contribution in [2.45, 2.75) is 12.8 Å². The first-order valence-electron chi connectivity index (χ1n) is 9.66. The van der Waals surface area contributed by atoms with Crippen LogP contribution in [0.4, 0.5) is 15.6 Å². The summed E-state index contributed by atoms with van der Waals surface area (Å²) in [6, 6.07) is 3.81. The highest BCUT2D eigenvalue weighted by atomic mass is 32.1. The highest BCUT2D eigenvalue weighted by Crippen LogP contribution is 2.39. The SMILES string of the molecule is COc1ccc(N2CCOCC2)c2sc(NC(=O)N3CCC[C@H](CO)C3)nc12. The molecule has 2 N–H and O–H groups in total. The van der Waals surface area contributed by atoms with Crippen molar-refractivity contribution in [1.82, 2.24) is 9.88 Å². The second-order valence-electron chi connectivity index (χ2n) is 7.15. The zero-order valence-electron chi connectivity index (χ0n) is 16.0. The summed E-state index contributed by atoms with van der Waals surface area (Å²) in [4.78, 5) is 21.4. The van der Waals surface area contributed by atoms with E-state index in [4.69, 9.17) is 9.47 Å². The number of aromatic nitrogens is 1. The molecule has 3 heterocycles. The smallest absolute Gasteiger partial charge is 0.323 e. The molecule has 0 radical (unpaired) electrons. The molecule has 2 aliphatic heterocycles. The maximum Gasteiger partial charge on any atom is 0.323 e. The molecular formula is C19H26N4O4S. The molecule has 1 aromatic heterocycles. The van der Waals surface area contributed by atoms with E-state index in [1.807, 2.05) is 12.1 Å². The average Bonchev–Trinajstić information content (AvgIpc) is 3.17. The van der Waals surface area contributed by atoms with Gasteiger partial charge in [-0.2, -0.15) is 0 Å². The zero-order chi connectivity index (χ0) is 19.5. The third kappa shape index (κ3) is 3.87. The van der Waals surface area contributed by atoms with Gasteiger partial charge in [0.1, 0.15) is 11.3 Å². The van der Waals surface area contributed by atoms with Crippen molar-refractivity contribution < 1.29 is 19.4 Å². The monoisotopic (exact) mass is 406 g/mol. The van der Waals surface area contributed by atoms with Crippen molar-refractivity contribution in [3.8, 4) is 5.75 Å². The van der Waals surface area contributed by atoms with E-state index in [0.29, 0.717) is 37.2 Å². The van der Waals surface area contributed by atoms with Gasteiger partial charge in [0, 0.05) is 32.8 Å². The predicted octanol–water partition coefficient (Wildman–Crippen LogP) is 2.38. The molecule has 2 amide bonds. The van der Waals surface area contributed by atoms with E-state index in [9.17, 15) is 9.90 Å². The molecule has 0 spiro atoms. The third-order valence-electron chi connectivity index (χ3n) is 5.34.